The minimum Gasteiger partial charge on any atom is -0.465 e. The molecule has 4 heteroatoms. The summed E-state index contributed by atoms with van der Waals surface area (Å²) in [6.45, 7) is 6.20. The van der Waals surface area contributed by atoms with Crippen LogP contribution in [0.5, 0.6) is 0 Å². The first-order valence-electron chi connectivity index (χ1n) is 3.13. The van der Waals surface area contributed by atoms with Gasteiger partial charge in [-0.05, 0) is 20.8 Å². The third-order valence-corrected chi connectivity index (χ3v) is 0.858. The van der Waals surface area contributed by atoms with E-state index in [4.69, 9.17) is 5.11 Å². The number of amides is 1. The Morgan fingerprint density at radius 1 is 1.50 bits per heavy atom. The Labute approximate surface area is 60.6 Å². The maximum atomic E-state index is 9.93. The second kappa shape index (κ2) is 3.41. The molecule has 0 radical (unpaired) electrons. The molecular weight excluding hydrogens is 132 g/mol. The number of rotatable bonds is 2. The van der Waals surface area contributed by atoms with Crippen molar-refractivity contribution in [1.29, 1.82) is 0 Å². The lowest BCUT2D eigenvalue weighted by atomic mass is 10.1. The summed E-state index contributed by atoms with van der Waals surface area (Å²) in [4.78, 5) is 9.93. The fourth-order valence-electron chi connectivity index (χ4n) is 0.385. The van der Waals surface area contributed by atoms with Crippen molar-refractivity contribution in [3.05, 3.63) is 0 Å². The third kappa shape index (κ3) is 7.23. The van der Waals surface area contributed by atoms with Crippen molar-refractivity contribution in [3.8, 4) is 0 Å². The summed E-state index contributed by atoms with van der Waals surface area (Å²) < 4.78 is 0. The average molecular weight is 146 g/mol. The van der Waals surface area contributed by atoms with Gasteiger partial charge >= 0.3 is 6.09 Å². The second-order valence-electron chi connectivity index (χ2n) is 3.09. The van der Waals surface area contributed by atoms with E-state index in [0.717, 1.165) is 0 Å². The molecule has 0 spiro atoms. The topological polar surface area (TPSA) is 61.4 Å². The number of hydrogen-bond donors (Lipinski definition) is 3. The van der Waals surface area contributed by atoms with Gasteiger partial charge in [-0.25, -0.2) is 4.79 Å². The molecule has 0 bridgehead atoms. The molecule has 0 aliphatic carbocycles. The van der Waals surface area contributed by atoms with Crippen molar-refractivity contribution in [2.75, 3.05) is 6.67 Å². The van der Waals surface area contributed by atoms with Crippen LogP contribution in [0.15, 0.2) is 0 Å². The Kier molecular flexibility index (Phi) is 3.15. The second-order valence-corrected chi connectivity index (χ2v) is 3.09. The maximum Gasteiger partial charge on any atom is 0.405 e. The van der Waals surface area contributed by atoms with Crippen LogP contribution in [-0.2, 0) is 0 Å². The van der Waals surface area contributed by atoms with Gasteiger partial charge in [-0.15, -0.1) is 0 Å². The van der Waals surface area contributed by atoms with Crippen LogP contribution in [0.2, 0.25) is 0 Å². The SMILES string of the molecule is CC(C)(C)NCNC(=O)O. The predicted molar refractivity (Wildman–Crippen MR) is 38.9 cm³/mol. The van der Waals surface area contributed by atoms with Crippen LogP contribution in [0.3, 0.4) is 0 Å². The lowest BCUT2D eigenvalue weighted by Crippen LogP contribution is -2.43. The molecule has 0 aromatic heterocycles. The highest BCUT2D eigenvalue weighted by Crippen LogP contribution is 1.95. The number of carboxylic acid groups (broad SMARTS) is 1. The summed E-state index contributed by atoms with van der Waals surface area (Å²) in [7, 11) is 0. The normalized spacial score (nSPS) is 11.1. The summed E-state index contributed by atoms with van der Waals surface area (Å²) in [6, 6.07) is 0. The van der Waals surface area contributed by atoms with E-state index in [9.17, 15) is 4.79 Å². The van der Waals surface area contributed by atoms with E-state index in [-0.39, 0.29) is 5.54 Å². The zero-order chi connectivity index (χ0) is 8.20. The molecule has 0 saturated heterocycles. The number of carbonyl (C=O) groups is 1. The monoisotopic (exact) mass is 146 g/mol. The Morgan fingerprint density at radius 3 is 2.30 bits per heavy atom. The number of nitrogens with one attached hydrogen (secondary N) is 2. The molecule has 0 atom stereocenters. The Balaban J connectivity index is 3.29. The van der Waals surface area contributed by atoms with Gasteiger partial charge in [-0.3, -0.25) is 5.32 Å². The van der Waals surface area contributed by atoms with E-state index >= 15 is 0 Å². The summed E-state index contributed by atoms with van der Waals surface area (Å²) in [6.07, 6.45) is -1.00. The molecular formula is C6H14N2O2. The van der Waals surface area contributed by atoms with Crippen LogP contribution in [-0.4, -0.2) is 23.4 Å². The lowest BCUT2D eigenvalue weighted by Gasteiger charge is -2.19. The van der Waals surface area contributed by atoms with E-state index in [2.05, 4.69) is 10.6 Å². The molecule has 0 fully saturated rings. The fourth-order valence-corrected chi connectivity index (χ4v) is 0.385. The summed E-state index contributed by atoms with van der Waals surface area (Å²) >= 11 is 0. The molecule has 0 aliphatic rings. The molecule has 1 amide bonds. The molecule has 0 saturated carbocycles. The van der Waals surface area contributed by atoms with Gasteiger partial charge in [0.05, 0.1) is 6.67 Å². The van der Waals surface area contributed by atoms with Crippen LogP contribution in [0.25, 0.3) is 0 Å². The Bertz CT molecular complexity index is 117. The molecule has 3 N–H and O–H groups in total. The van der Waals surface area contributed by atoms with Crippen molar-refractivity contribution >= 4 is 6.09 Å². The molecule has 4 nitrogen and oxygen atoms in total. The largest absolute Gasteiger partial charge is 0.465 e. The minimum absolute atomic E-state index is 0.0392. The quantitative estimate of drug-likeness (QED) is 0.500. The van der Waals surface area contributed by atoms with Crippen molar-refractivity contribution < 1.29 is 9.90 Å². The molecule has 0 heterocycles. The van der Waals surface area contributed by atoms with Crippen molar-refractivity contribution in [2.24, 2.45) is 0 Å². The first kappa shape index (κ1) is 9.23. The summed E-state index contributed by atoms with van der Waals surface area (Å²) in [5.74, 6) is 0. The van der Waals surface area contributed by atoms with Crippen LogP contribution < -0.4 is 10.6 Å². The fraction of sp³-hybridized carbons (Fsp3) is 0.833. The number of hydrogen-bond acceptors (Lipinski definition) is 2. The van der Waals surface area contributed by atoms with Gasteiger partial charge in [0.15, 0.2) is 0 Å². The van der Waals surface area contributed by atoms with E-state index in [1.54, 1.807) is 0 Å². The zero-order valence-corrected chi connectivity index (χ0v) is 6.56. The smallest absolute Gasteiger partial charge is 0.405 e. The first-order valence-corrected chi connectivity index (χ1v) is 3.13. The van der Waals surface area contributed by atoms with Crippen LogP contribution in [0.4, 0.5) is 4.79 Å². The van der Waals surface area contributed by atoms with Gasteiger partial charge in [-0.1, -0.05) is 0 Å². The van der Waals surface area contributed by atoms with Gasteiger partial charge < -0.3 is 10.4 Å². The van der Waals surface area contributed by atoms with Crippen LogP contribution >= 0.6 is 0 Å². The van der Waals surface area contributed by atoms with Gasteiger partial charge in [-0.2, -0.15) is 0 Å². The lowest BCUT2D eigenvalue weighted by molar-refractivity contribution is 0.192. The molecule has 60 valence electrons. The van der Waals surface area contributed by atoms with Gasteiger partial charge in [0.2, 0.25) is 0 Å². The summed E-state index contributed by atoms with van der Waals surface area (Å²) in [5.41, 5.74) is -0.0392. The predicted octanol–water partition coefficient (Wildman–Crippen LogP) is 0.600. The van der Waals surface area contributed by atoms with E-state index in [1.807, 2.05) is 20.8 Å². The molecule has 10 heavy (non-hydrogen) atoms. The zero-order valence-electron chi connectivity index (χ0n) is 6.56. The Morgan fingerprint density at radius 2 is 2.00 bits per heavy atom. The highest BCUT2D eigenvalue weighted by Gasteiger charge is 2.07. The molecule has 0 aliphatic heterocycles. The van der Waals surface area contributed by atoms with E-state index in [1.165, 1.54) is 0 Å². The first-order chi connectivity index (χ1) is 4.42. The molecule has 0 rings (SSSR count). The average Bonchev–Trinajstić information content (AvgIpc) is 1.59. The highest BCUT2D eigenvalue weighted by molar-refractivity contribution is 5.64. The third-order valence-electron chi connectivity index (χ3n) is 0.858. The van der Waals surface area contributed by atoms with Gasteiger partial charge in [0.1, 0.15) is 0 Å². The standard InChI is InChI=1S/C6H14N2O2/c1-6(2,3)8-4-7-5(9)10/h7-8H,4H2,1-3H3,(H,9,10). The van der Waals surface area contributed by atoms with E-state index < -0.39 is 6.09 Å². The van der Waals surface area contributed by atoms with Crippen LogP contribution in [0.1, 0.15) is 20.8 Å². The highest BCUT2D eigenvalue weighted by atomic mass is 16.4. The van der Waals surface area contributed by atoms with Gasteiger partial charge in [0.25, 0.3) is 0 Å². The molecule has 0 unspecified atom stereocenters. The summed E-state index contributed by atoms with van der Waals surface area (Å²) in [5, 5.41) is 13.3. The minimum atomic E-state index is -1.00. The Hall–Kier alpha value is -0.770. The molecule has 0 aromatic carbocycles. The van der Waals surface area contributed by atoms with Crippen molar-refractivity contribution in [3.63, 3.8) is 0 Å². The van der Waals surface area contributed by atoms with Gasteiger partial charge in [0, 0.05) is 5.54 Å². The maximum absolute atomic E-state index is 9.93. The molecule has 0 aromatic rings. The van der Waals surface area contributed by atoms with E-state index in [0.29, 0.717) is 6.67 Å². The van der Waals surface area contributed by atoms with Crippen molar-refractivity contribution in [1.82, 2.24) is 10.6 Å². The van der Waals surface area contributed by atoms with Crippen molar-refractivity contribution in [2.45, 2.75) is 26.3 Å². The van der Waals surface area contributed by atoms with Crippen LogP contribution in [0, 0.1) is 0 Å².